The molecule has 1 fully saturated rings. The molecule has 4 rings (SSSR count). The Morgan fingerprint density at radius 3 is 2.58 bits per heavy atom. The number of pyridine rings is 2. The Labute approximate surface area is 212 Å². The number of morpholine rings is 1. The maximum atomic E-state index is 12.6. The quantitative estimate of drug-likeness (QED) is 0.353. The van der Waals surface area contributed by atoms with Crippen molar-refractivity contribution in [3.8, 4) is 0 Å². The van der Waals surface area contributed by atoms with E-state index in [1.54, 1.807) is 30.6 Å². The molecule has 0 bridgehead atoms. The molecule has 0 aliphatic carbocycles. The lowest BCUT2D eigenvalue weighted by atomic mass is 10.2. The summed E-state index contributed by atoms with van der Waals surface area (Å²) in [5.41, 5.74) is 8.30. The van der Waals surface area contributed by atoms with Crippen LogP contribution in [0, 0.1) is 0 Å². The third-order valence-electron chi connectivity index (χ3n) is 5.96. The van der Waals surface area contributed by atoms with Crippen molar-refractivity contribution in [3.63, 3.8) is 0 Å². The normalized spacial score (nSPS) is 13.7. The van der Waals surface area contributed by atoms with E-state index in [-0.39, 0.29) is 5.91 Å². The summed E-state index contributed by atoms with van der Waals surface area (Å²) in [5, 5.41) is 6.11. The minimum Gasteiger partial charge on any atom is -0.397 e. The molecule has 188 valence electrons. The monoisotopic (exact) mass is 487 g/mol. The molecule has 1 aliphatic rings. The summed E-state index contributed by atoms with van der Waals surface area (Å²) in [6.07, 6.45) is 4.46. The van der Waals surface area contributed by atoms with Gasteiger partial charge in [0.05, 0.1) is 30.4 Å². The average molecular weight is 488 g/mol. The molecule has 3 aromatic rings. The third kappa shape index (κ3) is 7.27. The molecule has 4 N–H and O–H groups in total. The number of carbonyl (C=O) groups excluding carboxylic acids is 1. The van der Waals surface area contributed by atoms with Crippen LogP contribution < -0.4 is 16.4 Å². The summed E-state index contributed by atoms with van der Waals surface area (Å²) in [6.45, 7) is 10.2. The zero-order valence-electron chi connectivity index (χ0n) is 20.4. The Morgan fingerprint density at radius 2 is 1.86 bits per heavy atom. The first kappa shape index (κ1) is 25.2. The second kappa shape index (κ2) is 12.7. The first-order valence-electron chi connectivity index (χ1n) is 12.1. The van der Waals surface area contributed by atoms with Crippen molar-refractivity contribution in [2.75, 3.05) is 55.8 Å². The Bertz CT molecular complexity index is 1130. The van der Waals surface area contributed by atoms with Crippen LogP contribution in [0.4, 0.5) is 17.2 Å². The van der Waals surface area contributed by atoms with Crippen molar-refractivity contribution < 1.29 is 9.53 Å². The van der Waals surface area contributed by atoms with Crippen LogP contribution in [-0.4, -0.2) is 65.1 Å². The van der Waals surface area contributed by atoms with Gasteiger partial charge in [0, 0.05) is 45.1 Å². The second-order valence-corrected chi connectivity index (χ2v) is 8.61. The lowest BCUT2D eigenvalue weighted by Crippen LogP contribution is -2.38. The number of rotatable bonds is 11. The minimum atomic E-state index is -0.303. The SMILES string of the molecule is C=C(Nc1ccccn1)N(CCCN1CCOCC1)Cc1ccc(C(=O)Nc2ccccc2N)nc1. The number of nitrogens with two attached hydrogens (primary N) is 1. The number of nitrogens with one attached hydrogen (secondary N) is 2. The number of anilines is 3. The fraction of sp³-hybridized carbons (Fsp3) is 0.296. The molecule has 9 heteroatoms. The zero-order valence-corrected chi connectivity index (χ0v) is 20.4. The van der Waals surface area contributed by atoms with Crippen LogP contribution in [0.25, 0.3) is 0 Å². The molecule has 3 heterocycles. The maximum absolute atomic E-state index is 12.6. The van der Waals surface area contributed by atoms with Gasteiger partial charge in [-0.25, -0.2) is 4.98 Å². The molecule has 2 aromatic heterocycles. The molecule has 9 nitrogen and oxygen atoms in total. The number of nitrogen functional groups attached to an aromatic ring is 1. The van der Waals surface area contributed by atoms with E-state index in [9.17, 15) is 4.79 Å². The first-order chi connectivity index (χ1) is 17.6. The number of hydrogen-bond donors (Lipinski definition) is 3. The topological polar surface area (TPSA) is 109 Å². The number of ether oxygens (including phenoxy) is 1. The summed E-state index contributed by atoms with van der Waals surface area (Å²) >= 11 is 0. The number of benzene rings is 1. The first-order valence-corrected chi connectivity index (χ1v) is 12.1. The Hall–Kier alpha value is -3.95. The lowest BCUT2D eigenvalue weighted by molar-refractivity contribution is 0.0364. The van der Waals surface area contributed by atoms with Crippen molar-refractivity contribution in [3.05, 3.63) is 90.6 Å². The molecular weight excluding hydrogens is 454 g/mol. The van der Waals surface area contributed by atoms with Gasteiger partial charge in [-0.2, -0.15) is 0 Å². The van der Waals surface area contributed by atoms with Gasteiger partial charge in [-0.3, -0.25) is 14.7 Å². The van der Waals surface area contributed by atoms with Crippen LogP contribution in [0.2, 0.25) is 0 Å². The second-order valence-electron chi connectivity index (χ2n) is 8.61. The van der Waals surface area contributed by atoms with E-state index in [2.05, 4.69) is 37.0 Å². The highest BCUT2D eigenvalue weighted by atomic mass is 16.5. The van der Waals surface area contributed by atoms with Gasteiger partial charge in [0.25, 0.3) is 5.91 Å². The summed E-state index contributed by atoms with van der Waals surface area (Å²) in [7, 11) is 0. The van der Waals surface area contributed by atoms with Gasteiger partial charge in [0.15, 0.2) is 0 Å². The average Bonchev–Trinajstić information content (AvgIpc) is 2.91. The van der Waals surface area contributed by atoms with Gasteiger partial charge in [-0.1, -0.05) is 30.8 Å². The van der Waals surface area contributed by atoms with Crippen molar-refractivity contribution in [2.24, 2.45) is 0 Å². The highest BCUT2D eigenvalue weighted by Crippen LogP contribution is 2.18. The van der Waals surface area contributed by atoms with Crippen LogP contribution in [0.1, 0.15) is 22.5 Å². The smallest absolute Gasteiger partial charge is 0.274 e. The molecule has 0 radical (unpaired) electrons. The molecule has 0 unspecified atom stereocenters. The van der Waals surface area contributed by atoms with Gasteiger partial charge in [-0.05, 0) is 42.3 Å². The van der Waals surface area contributed by atoms with Crippen molar-refractivity contribution in [2.45, 2.75) is 13.0 Å². The maximum Gasteiger partial charge on any atom is 0.274 e. The zero-order chi connectivity index (χ0) is 25.2. The molecule has 0 atom stereocenters. The molecule has 1 aromatic carbocycles. The molecule has 1 saturated heterocycles. The summed E-state index contributed by atoms with van der Waals surface area (Å²) in [6, 6.07) is 16.5. The fourth-order valence-corrected chi connectivity index (χ4v) is 3.95. The predicted octanol–water partition coefficient (Wildman–Crippen LogP) is 3.42. The number of hydrogen-bond acceptors (Lipinski definition) is 8. The standard InChI is InChI=1S/C27H33N7O2/c1-21(31-26-9-4-5-12-29-26)34(14-6-13-33-15-17-36-18-16-33)20-22-10-11-25(30-19-22)27(35)32-24-8-3-2-7-23(24)28/h2-5,7-12,19H,1,6,13-18,20,28H2,(H,29,31)(H,32,35). The van der Waals surface area contributed by atoms with E-state index < -0.39 is 0 Å². The molecule has 0 saturated carbocycles. The van der Waals surface area contributed by atoms with Crippen molar-refractivity contribution in [1.82, 2.24) is 19.8 Å². The molecule has 36 heavy (non-hydrogen) atoms. The summed E-state index contributed by atoms with van der Waals surface area (Å²) < 4.78 is 5.45. The van der Waals surface area contributed by atoms with Crippen LogP contribution in [-0.2, 0) is 11.3 Å². The van der Waals surface area contributed by atoms with E-state index >= 15 is 0 Å². The summed E-state index contributed by atoms with van der Waals surface area (Å²) in [5.74, 6) is 1.20. The molecule has 1 amide bonds. The summed E-state index contributed by atoms with van der Waals surface area (Å²) in [4.78, 5) is 26.0. The Balaban J connectivity index is 1.39. The minimum absolute atomic E-state index is 0.303. The van der Waals surface area contributed by atoms with E-state index in [1.807, 2.05) is 36.4 Å². The van der Waals surface area contributed by atoms with E-state index in [1.165, 1.54) is 0 Å². The van der Waals surface area contributed by atoms with Crippen LogP contribution in [0.5, 0.6) is 0 Å². The number of amides is 1. The Kier molecular flexibility index (Phi) is 8.85. The van der Waals surface area contributed by atoms with E-state index in [4.69, 9.17) is 10.5 Å². The highest BCUT2D eigenvalue weighted by Gasteiger charge is 2.14. The van der Waals surface area contributed by atoms with Crippen molar-refractivity contribution in [1.29, 1.82) is 0 Å². The highest BCUT2D eigenvalue weighted by molar-refractivity contribution is 6.04. The number of para-hydroxylation sites is 2. The van der Waals surface area contributed by atoms with Crippen LogP contribution in [0.15, 0.2) is 79.4 Å². The molecular formula is C27H33N7O2. The largest absolute Gasteiger partial charge is 0.397 e. The molecule has 1 aliphatic heterocycles. The van der Waals surface area contributed by atoms with Gasteiger partial charge >= 0.3 is 0 Å². The van der Waals surface area contributed by atoms with Gasteiger partial charge in [0.2, 0.25) is 0 Å². The molecule has 0 spiro atoms. The fourth-order valence-electron chi connectivity index (χ4n) is 3.95. The third-order valence-corrected chi connectivity index (χ3v) is 5.96. The number of nitrogens with zero attached hydrogens (tertiary/aromatic N) is 4. The van der Waals surface area contributed by atoms with Crippen LogP contribution >= 0.6 is 0 Å². The lowest BCUT2D eigenvalue weighted by Gasteiger charge is -2.30. The van der Waals surface area contributed by atoms with Gasteiger partial charge in [-0.15, -0.1) is 0 Å². The van der Waals surface area contributed by atoms with E-state index in [0.717, 1.165) is 63.0 Å². The predicted molar refractivity (Wildman–Crippen MR) is 142 cm³/mol. The van der Waals surface area contributed by atoms with Crippen molar-refractivity contribution >= 4 is 23.1 Å². The number of aromatic nitrogens is 2. The van der Waals surface area contributed by atoms with E-state index in [0.29, 0.717) is 23.6 Å². The van der Waals surface area contributed by atoms with Gasteiger partial charge in [0.1, 0.15) is 11.5 Å². The number of carbonyl (C=O) groups is 1. The van der Waals surface area contributed by atoms with Crippen LogP contribution in [0.3, 0.4) is 0 Å². The van der Waals surface area contributed by atoms with Gasteiger partial charge < -0.3 is 26.0 Å². The Morgan fingerprint density at radius 1 is 1.06 bits per heavy atom.